The zero-order valence-electron chi connectivity index (χ0n) is 15.8. The summed E-state index contributed by atoms with van der Waals surface area (Å²) in [6.45, 7) is 5.62. The molecule has 146 valence electrons. The molecule has 0 saturated heterocycles. The number of halogens is 1. The van der Waals surface area contributed by atoms with Gasteiger partial charge in [-0.05, 0) is 39.7 Å². The van der Waals surface area contributed by atoms with Gasteiger partial charge >= 0.3 is 6.09 Å². The Morgan fingerprint density at radius 2 is 2.15 bits per heavy atom. The minimum absolute atomic E-state index is 0.0115. The van der Waals surface area contributed by atoms with E-state index >= 15 is 0 Å². The Bertz CT molecular complexity index is 769. The van der Waals surface area contributed by atoms with Crippen molar-refractivity contribution in [3.8, 4) is 5.88 Å². The first-order valence-corrected chi connectivity index (χ1v) is 8.95. The molecular formula is C19H24FN3O4. The molecule has 2 aliphatic rings. The van der Waals surface area contributed by atoms with Crippen LogP contribution in [-0.2, 0) is 11.3 Å². The molecular weight excluding hydrogens is 353 g/mol. The predicted molar refractivity (Wildman–Crippen MR) is 96.1 cm³/mol. The average Bonchev–Trinajstić information content (AvgIpc) is 3.38. The van der Waals surface area contributed by atoms with Crippen molar-refractivity contribution >= 4 is 12.0 Å². The van der Waals surface area contributed by atoms with Gasteiger partial charge in [-0.2, -0.15) is 0 Å². The van der Waals surface area contributed by atoms with Crippen molar-refractivity contribution in [2.24, 2.45) is 0 Å². The van der Waals surface area contributed by atoms with Crippen LogP contribution in [0.4, 0.5) is 9.18 Å². The summed E-state index contributed by atoms with van der Waals surface area (Å²) in [5.41, 5.74) is 0.892. The first-order valence-electron chi connectivity index (χ1n) is 8.95. The van der Waals surface area contributed by atoms with Crippen molar-refractivity contribution in [2.45, 2.75) is 51.8 Å². The molecule has 1 saturated carbocycles. The van der Waals surface area contributed by atoms with Gasteiger partial charge < -0.3 is 19.7 Å². The Labute approximate surface area is 157 Å². The van der Waals surface area contributed by atoms with Crippen molar-refractivity contribution in [1.29, 1.82) is 0 Å². The summed E-state index contributed by atoms with van der Waals surface area (Å²) < 4.78 is 23.7. The van der Waals surface area contributed by atoms with E-state index in [1.807, 2.05) is 4.90 Å². The third kappa shape index (κ3) is 4.96. The van der Waals surface area contributed by atoms with Crippen LogP contribution in [0.3, 0.4) is 0 Å². The number of hydrogen-bond donors (Lipinski definition) is 1. The number of carbonyl (C=O) groups excluding carboxylic acids is 2. The Hall–Kier alpha value is -2.64. The standard InChI is InChI=1S/C19H24FN3O4/c1-19(2,3)27-18(25)21-9-12(8-20)11-26-16-7-6-14-15(22-16)10-23(17(14)24)13-4-5-13/h6-8,13H,4-5,9-11H2,1-3H3,(H,21,25)/b12-8-. The fourth-order valence-corrected chi connectivity index (χ4v) is 2.73. The van der Waals surface area contributed by atoms with Crippen molar-refractivity contribution in [2.75, 3.05) is 13.2 Å². The quantitative estimate of drug-likeness (QED) is 0.824. The lowest BCUT2D eigenvalue weighted by Gasteiger charge is -2.20. The molecule has 7 nitrogen and oxygen atoms in total. The first kappa shape index (κ1) is 19.1. The van der Waals surface area contributed by atoms with E-state index in [9.17, 15) is 14.0 Å². The van der Waals surface area contributed by atoms with Crippen LogP contribution in [0.2, 0.25) is 0 Å². The van der Waals surface area contributed by atoms with Crippen molar-refractivity contribution in [3.63, 3.8) is 0 Å². The molecule has 3 rings (SSSR count). The van der Waals surface area contributed by atoms with E-state index in [2.05, 4.69) is 10.3 Å². The van der Waals surface area contributed by atoms with Gasteiger partial charge in [-0.15, -0.1) is 0 Å². The lowest BCUT2D eigenvalue weighted by atomic mass is 10.2. The van der Waals surface area contributed by atoms with Gasteiger partial charge in [0.1, 0.15) is 12.2 Å². The third-order valence-corrected chi connectivity index (χ3v) is 4.17. The molecule has 8 heteroatoms. The molecule has 0 spiro atoms. The molecule has 0 unspecified atom stereocenters. The minimum Gasteiger partial charge on any atom is -0.473 e. The van der Waals surface area contributed by atoms with Crippen LogP contribution >= 0.6 is 0 Å². The van der Waals surface area contributed by atoms with E-state index in [1.54, 1.807) is 32.9 Å². The predicted octanol–water partition coefficient (Wildman–Crippen LogP) is 2.96. The highest BCUT2D eigenvalue weighted by atomic mass is 19.1. The zero-order chi connectivity index (χ0) is 19.6. The number of fused-ring (bicyclic) bond motifs is 1. The molecule has 0 atom stereocenters. The second kappa shape index (κ2) is 7.54. The van der Waals surface area contributed by atoms with Crippen molar-refractivity contribution < 1.29 is 23.5 Å². The molecule has 0 bridgehead atoms. The van der Waals surface area contributed by atoms with E-state index in [-0.39, 0.29) is 24.6 Å². The number of rotatable bonds is 6. The molecule has 1 fully saturated rings. The zero-order valence-corrected chi connectivity index (χ0v) is 15.8. The highest BCUT2D eigenvalue weighted by molar-refractivity contribution is 5.98. The molecule has 27 heavy (non-hydrogen) atoms. The summed E-state index contributed by atoms with van der Waals surface area (Å²) in [7, 11) is 0. The maximum absolute atomic E-state index is 13.1. The molecule has 2 heterocycles. The third-order valence-electron chi connectivity index (χ3n) is 4.17. The van der Waals surface area contributed by atoms with Gasteiger partial charge in [0, 0.05) is 24.2 Å². The largest absolute Gasteiger partial charge is 0.473 e. The van der Waals surface area contributed by atoms with Crippen LogP contribution in [0, 0.1) is 0 Å². The van der Waals surface area contributed by atoms with Crippen LogP contribution in [0.15, 0.2) is 24.0 Å². The molecule has 1 aromatic heterocycles. The SMILES string of the molecule is CC(C)(C)OC(=O)NC/C(=C/F)COc1ccc2c(n1)CN(C1CC1)C2=O. The number of nitrogens with zero attached hydrogens (tertiary/aromatic N) is 2. The summed E-state index contributed by atoms with van der Waals surface area (Å²) in [6.07, 6.45) is 1.84. The minimum atomic E-state index is -0.629. The monoisotopic (exact) mass is 377 g/mol. The van der Waals surface area contributed by atoms with Gasteiger partial charge in [-0.1, -0.05) is 0 Å². The Morgan fingerprint density at radius 3 is 2.78 bits per heavy atom. The van der Waals surface area contributed by atoms with Gasteiger partial charge in [-0.25, -0.2) is 14.2 Å². The van der Waals surface area contributed by atoms with E-state index in [4.69, 9.17) is 9.47 Å². The first-order chi connectivity index (χ1) is 12.8. The van der Waals surface area contributed by atoms with Crippen LogP contribution in [0.5, 0.6) is 5.88 Å². The van der Waals surface area contributed by atoms with Crippen molar-refractivity contribution in [3.05, 3.63) is 35.3 Å². The van der Waals surface area contributed by atoms with E-state index in [1.165, 1.54) is 0 Å². The summed E-state index contributed by atoms with van der Waals surface area (Å²) in [5.74, 6) is 0.327. The van der Waals surface area contributed by atoms with Gasteiger partial charge in [0.15, 0.2) is 0 Å². The van der Waals surface area contributed by atoms with Gasteiger partial charge in [0.25, 0.3) is 5.91 Å². The van der Waals surface area contributed by atoms with Crippen LogP contribution < -0.4 is 10.1 Å². The molecule has 2 amide bonds. The molecule has 1 aromatic rings. The van der Waals surface area contributed by atoms with Crippen LogP contribution in [0.25, 0.3) is 0 Å². The molecule has 1 aliphatic carbocycles. The number of ether oxygens (including phenoxy) is 2. The number of aromatic nitrogens is 1. The topological polar surface area (TPSA) is 80.8 Å². The number of pyridine rings is 1. The Kier molecular flexibility index (Phi) is 5.34. The lowest BCUT2D eigenvalue weighted by Crippen LogP contribution is -2.34. The summed E-state index contributed by atoms with van der Waals surface area (Å²) in [5, 5.41) is 2.48. The molecule has 0 aromatic carbocycles. The van der Waals surface area contributed by atoms with Crippen LogP contribution in [-0.4, -0.2) is 46.7 Å². The number of carbonyl (C=O) groups is 2. The molecule has 1 N–H and O–H groups in total. The normalized spacial score (nSPS) is 17.0. The smallest absolute Gasteiger partial charge is 0.407 e. The number of alkyl carbamates (subject to hydrolysis) is 1. The average molecular weight is 377 g/mol. The van der Waals surface area contributed by atoms with Gasteiger partial charge in [0.05, 0.1) is 24.1 Å². The number of amides is 2. The van der Waals surface area contributed by atoms with Crippen LogP contribution in [0.1, 0.15) is 49.7 Å². The number of nitrogens with one attached hydrogen (secondary N) is 1. The van der Waals surface area contributed by atoms with Crippen molar-refractivity contribution in [1.82, 2.24) is 15.2 Å². The number of hydrogen-bond acceptors (Lipinski definition) is 5. The maximum atomic E-state index is 13.1. The second-order valence-corrected chi connectivity index (χ2v) is 7.72. The summed E-state index contributed by atoms with van der Waals surface area (Å²) in [4.78, 5) is 30.1. The van der Waals surface area contributed by atoms with Gasteiger partial charge in [-0.3, -0.25) is 4.79 Å². The summed E-state index contributed by atoms with van der Waals surface area (Å²) in [6, 6.07) is 3.63. The summed E-state index contributed by atoms with van der Waals surface area (Å²) >= 11 is 0. The molecule has 1 aliphatic heterocycles. The second-order valence-electron chi connectivity index (χ2n) is 7.72. The highest BCUT2D eigenvalue weighted by Crippen LogP contribution is 2.34. The fraction of sp³-hybridized carbons (Fsp3) is 0.526. The highest BCUT2D eigenvalue weighted by Gasteiger charge is 2.39. The molecule has 0 radical (unpaired) electrons. The Balaban J connectivity index is 1.51. The lowest BCUT2D eigenvalue weighted by molar-refractivity contribution is 0.0531. The Morgan fingerprint density at radius 1 is 1.41 bits per heavy atom. The van der Waals surface area contributed by atoms with Gasteiger partial charge in [0.2, 0.25) is 5.88 Å². The van der Waals surface area contributed by atoms with E-state index < -0.39 is 11.7 Å². The fourth-order valence-electron chi connectivity index (χ4n) is 2.73. The maximum Gasteiger partial charge on any atom is 0.407 e. The van der Waals surface area contributed by atoms with E-state index in [0.29, 0.717) is 36.1 Å². The van der Waals surface area contributed by atoms with E-state index in [0.717, 1.165) is 12.8 Å².